The molecule has 30 heavy (non-hydrogen) atoms. The molecule has 0 amide bonds. The fourth-order valence-corrected chi connectivity index (χ4v) is 5.09. The molecule has 0 atom stereocenters. The monoisotopic (exact) mass is 485 g/mol. The van der Waals surface area contributed by atoms with Gasteiger partial charge < -0.3 is 9.47 Å². The number of carbonyl (C=O) groups is 1. The van der Waals surface area contributed by atoms with Crippen molar-refractivity contribution in [1.29, 1.82) is 0 Å². The van der Waals surface area contributed by atoms with Crippen LogP contribution in [-0.2, 0) is 26.2 Å². The molecule has 0 saturated heterocycles. The fraction of sp³-hybridized carbons (Fsp3) is 0.150. The van der Waals surface area contributed by atoms with E-state index in [-0.39, 0.29) is 17.4 Å². The lowest BCUT2D eigenvalue weighted by Crippen LogP contribution is -2.25. The van der Waals surface area contributed by atoms with Crippen LogP contribution in [0.1, 0.15) is 5.56 Å². The minimum absolute atomic E-state index is 0.0450. The first-order valence-corrected chi connectivity index (χ1v) is 11.7. The van der Waals surface area contributed by atoms with E-state index in [1.54, 1.807) is 60.0 Å². The second-order valence-electron chi connectivity index (χ2n) is 6.10. The summed E-state index contributed by atoms with van der Waals surface area (Å²) in [6.07, 6.45) is 0. The maximum absolute atomic E-state index is 12.6. The molecular weight excluding hydrogens is 469 g/mol. The molecule has 6 nitrogen and oxygen atoms in total. The lowest BCUT2D eigenvalue weighted by atomic mass is 10.2. The highest BCUT2D eigenvalue weighted by Crippen LogP contribution is 2.27. The first-order chi connectivity index (χ1) is 14.3. The van der Waals surface area contributed by atoms with Gasteiger partial charge in [-0.05, 0) is 53.4 Å². The third kappa shape index (κ3) is 5.46. The molecule has 0 bridgehead atoms. The molecule has 10 heteroatoms. The molecule has 0 radical (unpaired) electrons. The number of benzene rings is 2. The van der Waals surface area contributed by atoms with Crippen LogP contribution in [0.15, 0.2) is 64.2 Å². The van der Waals surface area contributed by atoms with E-state index in [1.165, 1.54) is 11.4 Å². The highest BCUT2D eigenvalue weighted by Gasteiger charge is 2.22. The number of nitrogens with zero attached hydrogens (tertiary/aromatic N) is 1. The molecule has 3 aromatic rings. The largest absolute Gasteiger partial charge is 0.482 e. The molecule has 0 unspecified atom stereocenters. The van der Waals surface area contributed by atoms with Crippen LogP contribution in [0.2, 0.25) is 10.0 Å². The van der Waals surface area contributed by atoms with Gasteiger partial charge >= 0.3 is 5.97 Å². The number of thiophene rings is 1. The van der Waals surface area contributed by atoms with Gasteiger partial charge in [0.15, 0.2) is 6.61 Å². The summed E-state index contributed by atoms with van der Waals surface area (Å²) in [5, 5.41) is 2.51. The molecule has 0 saturated carbocycles. The highest BCUT2D eigenvalue weighted by atomic mass is 35.5. The Hall–Kier alpha value is -2.26. The van der Waals surface area contributed by atoms with Gasteiger partial charge in [0.2, 0.25) is 0 Å². The van der Waals surface area contributed by atoms with E-state index in [1.807, 2.05) is 0 Å². The Balaban J connectivity index is 1.53. The maximum Gasteiger partial charge on any atom is 0.344 e. The van der Waals surface area contributed by atoms with Crippen LogP contribution in [0.3, 0.4) is 0 Å². The number of carbonyl (C=O) groups excluding carboxylic acids is 1. The standard InChI is InChI=1S/C20H17Cl2NO5S2/c1-23(30(25,26)20-3-2-10-29-20)15-5-7-16(8-6-15)27-13-19(24)28-12-14-4-9-17(21)18(22)11-14/h2-11H,12-13H2,1H3. The Morgan fingerprint density at radius 1 is 1.07 bits per heavy atom. The van der Waals surface area contributed by atoms with Crippen molar-refractivity contribution in [2.24, 2.45) is 0 Å². The van der Waals surface area contributed by atoms with Crippen LogP contribution in [0.5, 0.6) is 5.75 Å². The average Bonchev–Trinajstić information content (AvgIpc) is 3.29. The van der Waals surface area contributed by atoms with Crippen LogP contribution in [0.25, 0.3) is 0 Å². The second kappa shape index (κ2) is 9.70. The van der Waals surface area contributed by atoms with E-state index in [0.29, 0.717) is 27.0 Å². The zero-order valence-electron chi connectivity index (χ0n) is 15.7. The van der Waals surface area contributed by atoms with Crippen LogP contribution < -0.4 is 9.04 Å². The van der Waals surface area contributed by atoms with E-state index in [4.69, 9.17) is 32.7 Å². The van der Waals surface area contributed by atoms with E-state index < -0.39 is 16.0 Å². The highest BCUT2D eigenvalue weighted by molar-refractivity contribution is 7.94. The molecule has 3 rings (SSSR count). The van der Waals surface area contributed by atoms with Crippen molar-refractivity contribution in [2.75, 3.05) is 18.0 Å². The minimum atomic E-state index is -3.61. The van der Waals surface area contributed by atoms with E-state index in [0.717, 1.165) is 11.3 Å². The van der Waals surface area contributed by atoms with Gasteiger partial charge in [0.25, 0.3) is 10.0 Å². The van der Waals surface area contributed by atoms with Gasteiger partial charge in [-0.25, -0.2) is 13.2 Å². The van der Waals surface area contributed by atoms with Crippen LogP contribution in [-0.4, -0.2) is 28.0 Å². The number of esters is 1. The number of sulfonamides is 1. The van der Waals surface area contributed by atoms with Gasteiger partial charge in [-0.1, -0.05) is 35.3 Å². The molecule has 1 aromatic heterocycles. The maximum atomic E-state index is 12.6. The van der Waals surface area contributed by atoms with Crippen LogP contribution in [0.4, 0.5) is 5.69 Å². The SMILES string of the molecule is CN(c1ccc(OCC(=O)OCc2ccc(Cl)c(Cl)c2)cc1)S(=O)(=O)c1cccs1. The Morgan fingerprint density at radius 2 is 1.80 bits per heavy atom. The third-order valence-electron chi connectivity index (χ3n) is 4.05. The fourth-order valence-electron chi connectivity index (χ4n) is 2.41. The first kappa shape index (κ1) is 22.4. The Morgan fingerprint density at radius 3 is 2.43 bits per heavy atom. The molecule has 0 spiro atoms. The number of rotatable bonds is 8. The molecule has 0 aliphatic heterocycles. The van der Waals surface area contributed by atoms with Gasteiger partial charge in [0.1, 0.15) is 16.6 Å². The van der Waals surface area contributed by atoms with Gasteiger partial charge in [-0.2, -0.15) is 0 Å². The van der Waals surface area contributed by atoms with Crippen LogP contribution >= 0.6 is 34.5 Å². The normalized spacial score (nSPS) is 11.2. The van der Waals surface area contributed by atoms with Crippen molar-refractivity contribution >= 4 is 56.2 Å². The Bertz CT molecular complexity index is 1120. The smallest absolute Gasteiger partial charge is 0.344 e. The lowest BCUT2D eigenvalue weighted by Gasteiger charge is -2.18. The Kier molecular flexibility index (Phi) is 7.25. The molecule has 1 heterocycles. The van der Waals surface area contributed by atoms with E-state index >= 15 is 0 Å². The summed E-state index contributed by atoms with van der Waals surface area (Å²) in [5.74, 6) is -0.144. The number of hydrogen-bond acceptors (Lipinski definition) is 6. The Labute approximate surface area is 188 Å². The van der Waals surface area contributed by atoms with Crippen molar-refractivity contribution in [1.82, 2.24) is 0 Å². The van der Waals surface area contributed by atoms with E-state index in [9.17, 15) is 13.2 Å². The van der Waals surface area contributed by atoms with Gasteiger partial charge in [-0.3, -0.25) is 4.31 Å². The second-order valence-corrected chi connectivity index (χ2v) is 10.1. The summed E-state index contributed by atoms with van der Waals surface area (Å²) in [4.78, 5) is 11.9. The molecule has 0 aliphatic carbocycles. The van der Waals surface area contributed by atoms with Crippen molar-refractivity contribution in [3.63, 3.8) is 0 Å². The summed E-state index contributed by atoms with van der Waals surface area (Å²) in [6, 6.07) is 14.6. The predicted octanol–water partition coefficient (Wildman–Crippen LogP) is 5.00. The number of ether oxygens (including phenoxy) is 2. The molecule has 0 N–H and O–H groups in total. The zero-order valence-corrected chi connectivity index (χ0v) is 18.9. The number of halogens is 2. The van der Waals surface area contributed by atoms with Crippen molar-refractivity contribution in [2.45, 2.75) is 10.8 Å². The minimum Gasteiger partial charge on any atom is -0.482 e. The molecule has 0 fully saturated rings. The van der Waals surface area contributed by atoms with Crippen LogP contribution in [0, 0.1) is 0 Å². The summed E-state index contributed by atoms with van der Waals surface area (Å²) >= 11 is 12.9. The van der Waals surface area contributed by atoms with Gasteiger partial charge in [0.05, 0.1) is 15.7 Å². The molecular formula is C20H17Cl2NO5S2. The van der Waals surface area contributed by atoms with Gasteiger partial charge in [-0.15, -0.1) is 11.3 Å². The van der Waals surface area contributed by atoms with E-state index in [2.05, 4.69) is 0 Å². The summed E-state index contributed by atoms with van der Waals surface area (Å²) in [6.45, 7) is -0.243. The summed E-state index contributed by atoms with van der Waals surface area (Å²) in [5.41, 5.74) is 1.18. The molecule has 2 aromatic carbocycles. The number of hydrogen-bond donors (Lipinski definition) is 0. The molecule has 0 aliphatic rings. The third-order valence-corrected chi connectivity index (χ3v) is 7.95. The summed E-state index contributed by atoms with van der Waals surface area (Å²) in [7, 11) is -2.13. The van der Waals surface area contributed by atoms with Crippen molar-refractivity contribution in [3.8, 4) is 5.75 Å². The quantitative estimate of drug-likeness (QED) is 0.419. The average molecular weight is 486 g/mol. The summed E-state index contributed by atoms with van der Waals surface area (Å²) < 4.78 is 37.1. The van der Waals surface area contributed by atoms with Crippen molar-refractivity contribution < 1.29 is 22.7 Å². The van der Waals surface area contributed by atoms with Gasteiger partial charge in [0, 0.05) is 7.05 Å². The zero-order chi connectivity index (χ0) is 21.7. The van der Waals surface area contributed by atoms with Crippen molar-refractivity contribution in [3.05, 3.63) is 75.6 Å². The topological polar surface area (TPSA) is 72.9 Å². The predicted molar refractivity (Wildman–Crippen MR) is 118 cm³/mol. The lowest BCUT2D eigenvalue weighted by molar-refractivity contribution is -0.147. The number of anilines is 1. The molecule has 158 valence electrons. The first-order valence-electron chi connectivity index (χ1n) is 8.62.